The molecule has 0 spiro atoms. The maximum Gasteiger partial charge on any atom is 0.136 e. The standard InChI is InChI=1S/C16H19FSSi/c1-19(2,3)14-10-8-13(9-11-14)12-18-16-7-5-4-6-15(16)17/h4-11H,12H2,1-3H3. The van der Waals surface area contributed by atoms with Gasteiger partial charge in [-0.2, -0.15) is 0 Å². The zero-order chi connectivity index (χ0) is 13.9. The molecule has 100 valence electrons. The molecule has 0 fully saturated rings. The highest BCUT2D eigenvalue weighted by Crippen LogP contribution is 2.24. The highest BCUT2D eigenvalue weighted by atomic mass is 32.2. The van der Waals surface area contributed by atoms with Crippen LogP contribution in [0.1, 0.15) is 5.56 Å². The first-order valence-electron chi connectivity index (χ1n) is 6.43. The second-order valence-electron chi connectivity index (χ2n) is 5.67. The first-order chi connectivity index (χ1) is 8.97. The van der Waals surface area contributed by atoms with Crippen molar-refractivity contribution in [1.29, 1.82) is 0 Å². The zero-order valence-electron chi connectivity index (χ0n) is 11.6. The summed E-state index contributed by atoms with van der Waals surface area (Å²) in [5.74, 6) is 0.679. The van der Waals surface area contributed by atoms with Crippen LogP contribution in [-0.2, 0) is 5.75 Å². The van der Waals surface area contributed by atoms with Crippen LogP contribution in [0.15, 0.2) is 53.4 Å². The van der Waals surface area contributed by atoms with Gasteiger partial charge in [0.2, 0.25) is 0 Å². The third-order valence-corrected chi connectivity index (χ3v) is 6.24. The Bertz CT molecular complexity index is 543. The highest BCUT2D eigenvalue weighted by Gasteiger charge is 2.15. The molecular formula is C16H19FSSi. The number of halogens is 1. The Morgan fingerprint density at radius 3 is 2.16 bits per heavy atom. The van der Waals surface area contributed by atoms with Gasteiger partial charge in [0.05, 0.1) is 8.07 Å². The third kappa shape index (κ3) is 3.95. The predicted octanol–water partition coefficient (Wildman–Crippen LogP) is 4.66. The van der Waals surface area contributed by atoms with Crippen LogP contribution in [0.25, 0.3) is 0 Å². The minimum atomic E-state index is -1.22. The van der Waals surface area contributed by atoms with Gasteiger partial charge in [0.1, 0.15) is 5.82 Å². The third-order valence-electron chi connectivity index (χ3n) is 3.05. The topological polar surface area (TPSA) is 0 Å². The van der Waals surface area contributed by atoms with Crippen LogP contribution < -0.4 is 5.19 Å². The number of hydrogen-bond donors (Lipinski definition) is 0. The summed E-state index contributed by atoms with van der Waals surface area (Å²) < 4.78 is 13.5. The molecule has 3 heteroatoms. The monoisotopic (exact) mass is 290 g/mol. The molecule has 2 aromatic rings. The van der Waals surface area contributed by atoms with Crippen molar-refractivity contribution in [3.8, 4) is 0 Å². The number of rotatable bonds is 4. The van der Waals surface area contributed by atoms with Crippen LogP contribution >= 0.6 is 11.8 Å². The minimum Gasteiger partial charge on any atom is -0.206 e. The number of hydrogen-bond acceptors (Lipinski definition) is 1. The normalized spacial score (nSPS) is 11.6. The summed E-state index contributed by atoms with van der Waals surface area (Å²) in [5, 5.41) is 1.46. The molecule has 2 rings (SSSR count). The van der Waals surface area contributed by atoms with E-state index in [1.165, 1.54) is 16.8 Å². The van der Waals surface area contributed by atoms with Gasteiger partial charge < -0.3 is 0 Å². The van der Waals surface area contributed by atoms with Crippen molar-refractivity contribution in [2.75, 3.05) is 0 Å². The number of benzene rings is 2. The Kier molecular flexibility index (Phi) is 4.48. The van der Waals surface area contributed by atoms with Crippen molar-refractivity contribution in [3.63, 3.8) is 0 Å². The molecule has 2 aromatic carbocycles. The van der Waals surface area contributed by atoms with Crippen molar-refractivity contribution in [2.24, 2.45) is 0 Å². The van der Waals surface area contributed by atoms with Gasteiger partial charge in [0, 0.05) is 10.6 Å². The summed E-state index contributed by atoms with van der Waals surface area (Å²) >= 11 is 1.55. The fraction of sp³-hybridized carbons (Fsp3) is 0.250. The van der Waals surface area contributed by atoms with Gasteiger partial charge in [-0.1, -0.05) is 61.2 Å². The van der Waals surface area contributed by atoms with E-state index in [2.05, 4.69) is 43.9 Å². The van der Waals surface area contributed by atoms with Crippen molar-refractivity contribution in [2.45, 2.75) is 30.3 Å². The highest BCUT2D eigenvalue weighted by molar-refractivity contribution is 7.98. The number of thioether (sulfide) groups is 1. The van der Waals surface area contributed by atoms with E-state index < -0.39 is 8.07 Å². The molecule has 0 amide bonds. The molecule has 0 aliphatic rings. The summed E-state index contributed by atoms with van der Waals surface area (Å²) in [4.78, 5) is 0.719. The van der Waals surface area contributed by atoms with E-state index in [9.17, 15) is 4.39 Å². The average Bonchev–Trinajstić information content (AvgIpc) is 2.37. The van der Waals surface area contributed by atoms with Crippen LogP contribution in [0.2, 0.25) is 19.6 Å². The molecular weight excluding hydrogens is 271 g/mol. The summed E-state index contributed by atoms with van der Waals surface area (Å²) in [6.45, 7) is 7.03. The summed E-state index contributed by atoms with van der Waals surface area (Å²) in [5.41, 5.74) is 1.25. The summed E-state index contributed by atoms with van der Waals surface area (Å²) in [7, 11) is -1.22. The van der Waals surface area contributed by atoms with E-state index in [4.69, 9.17) is 0 Å². The lowest BCUT2D eigenvalue weighted by Crippen LogP contribution is -2.37. The fourth-order valence-electron chi connectivity index (χ4n) is 1.82. The van der Waals surface area contributed by atoms with Crippen molar-refractivity contribution in [1.82, 2.24) is 0 Å². The van der Waals surface area contributed by atoms with E-state index in [1.807, 2.05) is 12.1 Å². The quantitative estimate of drug-likeness (QED) is 0.583. The lowest BCUT2D eigenvalue weighted by Gasteiger charge is -2.16. The van der Waals surface area contributed by atoms with E-state index >= 15 is 0 Å². The van der Waals surface area contributed by atoms with E-state index in [0.717, 1.165) is 10.6 Å². The van der Waals surface area contributed by atoms with Crippen LogP contribution in [0.3, 0.4) is 0 Å². The Labute approximate surface area is 120 Å². The van der Waals surface area contributed by atoms with Crippen LogP contribution in [0, 0.1) is 5.82 Å². The molecule has 19 heavy (non-hydrogen) atoms. The molecule has 0 unspecified atom stereocenters. The predicted molar refractivity (Wildman–Crippen MR) is 85.4 cm³/mol. The van der Waals surface area contributed by atoms with E-state index in [0.29, 0.717) is 0 Å². The Hall–Kier alpha value is -1.06. The van der Waals surface area contributed by atoms with Crippen molar-refractivity contribution < 1.29 is 4.39 Å². The lowest BCUT2D eigenvalue weighted by atomic mass is 10.2. The summed E-state index contributed by atoms with van der Waals surface area (Å²) in [6.07, 6.45) is 0. The lowest BCUT2D eigenvalue weighted by molar-refractivity contribution is 0.602. The SMILES string of the molecule is C[Si](C)(C)c1ccc(CSc2ccccc2F)cc1. The van der Waals surface area contributed by atoms with E-state index in [-0.39, 0.29) is 5.82 Å². The van der Waals surface area contributed by atoms with Gasteiger partial charge >= 0.3 is 0 Å². The second-order valence-corrected chi connectivity index (χ2v) is 11.8. The van der Waals surface area contributed by atoms with E-state index in [1.54, 1.807) is 17.8 Å². The molecule has 0 radical (unpaired) electrons. The molecule has 0 aliphatic carbocycles. The smallest absolute Gasteiger partial charge is 0.136 e. The largest absolute Gasteiger partial charge is 0.206 e. The fourth-order valence-corrected chi connectivity index (χ4v) is 3.89. The maximum atomic E-state index is 13.5. The minimum absolute atomic E-state index is 0.133. The Balaban J connectivity index is 2.03. The van der Waals surface area contributed by atoms with Crippen molar-refractivity contribution in [3.05, 3.63) is 59.9 Å². The molecule has 0 aromatic heterocycles. The Morgan fingerprint density at radius 1 is 0.947 bits per heavy atom. The van der Waals surface area contributed by atoms with Gasteiger partial charge in [0.25, 0.3) is 0 Å². The Morgan fingerprint density at radius 2 is 1.58 bits per heavy atom. The van der Waals surface area contributed by atoms with Gasteiger partial charge in [-0.3, -0.25) is 0 Å². The molecule has 0 nitrogen and oxygen atoms in total. The van der Waals surface area contributed by atoms with Crippen molar-refractivity contribution >= 4 is 25.0 Å². The summed E-state index contributed by atoms with van der Waals surface area (Å²) in [6, 6.07) is 15.7. The molecule has 0 aliphatic heterocycles. The molecule has 0 saturated carbocycles. The van der Waals surface area contributed by atoms with Crippen LogP contribution in [0.5, 0.6) is 0 Å². The van der Waals surface area contributed by atoms with Gasteiger partial charge in [0.15, 0.2) is 0 Å². The molecule has 0 bridgehead atoms. The van der Waals surface area contributed by atoms with Gasteiger partial charge in [-0.15, -0.1) is 11.8 Å². The van der Waals surface area contributed by atoms with Crippen LogP contribution in [0.4, 0.5) is 4.39 Å². The first-order valence-corrected chi connectivity index (χ1v) is 10.9. The second kappa shape index (κ2) is 5.93. The van der Waals surface area contributed by atoms with Gasteiger partial charge in [-0.25, -0.2) is 4.39 Å². The first kappa shape index (κ1) is 14.3. The molecule has 0 N–H and O–H groups in total. The maximum absolute atomic E-state index is 13.5. The molecule has 0 atom stereocenters. The zero-order valence-corrected chi connectivity index (χ0v) is 13.4. The average molecular weight is 290 g/mol. The van der Waals surface area contributed by atoms with Gasteiger partial charge in [-0.05, 0) is 17.7 Å². The molecule has 0 saturated heterocycles. The molecule has 0 heterocycles. The van der Waals surface area contributed by atoms with Crippen LogP contribution in [-0.4, -0.2) is 8.07 Å².